The van der Waals surface area contributed by atoms with Gasteiger partial charge in [-0.2, -0.15) is 0 Å². The third kappa shape index (κ3) is 5.86. The number of nitrogens with zero attached hydrogens (tertiary/aromatic N) is 1. The summed E-state index contributed by atoms with van der Waals surface area (Å²) < 4.78 is 0. The molecule has 0 aliphatic carbocycles. The summed E-state index contributed by atoms with van der Waals surface area (Å²) in [6.45, 7) is 16.5. The van der Waals surface area contributed by atoms with Crippen LogP contribution >= 0.6 is 0 Å². The molecule has 0 bridgehead atoms. The van der Waals surface area contributed by atoms with Gasteiger partial charge in [-0.15, -0.1) is 0 Å². The van der Waals surface area contributed by atoms with Crippen LogP contribution in [0.25, 0.3) is 0 Å². The lowest BCUT2D eigenvalue weighted by atomic mass is 9.92. The van der Waals surface area contributed by atoms with Gasteiger partial charge in [-0.3, -0.25) is 0 Å². The predicted octanol–water partition coefficient (Wildman–Crippen LogP) is 2.74. The largest absolute Gasteiger partial charge is 0.311 e. The Hall–Kier alpha value is -0.0800. The molecule has 0 aromatic carbocycles. The van der Waals surface area contributed by atoms with Crippen molar-refractivity contribution in [2.24, 2.45) is 11.3 Å². The average molecular weight is 226 g/mol. The van der Waals surface area contributed by atoms with Gasteiger partial charge in [-0.05, 0) is 30.7 Å². The van der Waals surface area contributed by atoms with Crippen molar-refractivity contribution in [1.82, 2.24) is 10.2 Å². The summed E-state index contributed by atoms with van der Waals surface area (Å²) in [4.78, 5) is 2.63. The fourth-order valence-electron chi connectivity index (χ4n) is 2.32. The molecule has 2 heteroatoms. The summed E-state index contributed by atoms with van der Waals surface area (Å²) in [6, 6.07) is 0.716. The van der Waals surface area contributed by atoms with Crippen LogP contribution in [-0.4, -0.2) is 37.1 Å². The first-order chi connectivity index (χ1) is 7.37. The summed E-state index contributed by atoms with van der Waals surface area (Å²) >= 11 is 0. The summed E-state index contributed by atoms with van der Waals surface area (Å²) in [5.74, 6) is 0.806. The minimum absolute atomic E-state index is 0.471. The Balaban J connectivity index is 2.27. The first-order valence-electron chi connectivity index (χ1n) is 6.82. The van der Waals surface area contributed by atoms with Crippen molar-refractivity contribution in [2.45, 2.75) is 53.5 Å². The van der Waals surface area contributed by atoms with Crippen LogP contribution in [0.2, 0.25) is 0 Å². The van der Waals surface area contributed by atoms with Crippen molar-refractivity contribution in [3.8, 4) is 0 Å². The monoisotopic (exact) mass is 226 g/mol. The molecule has 1 N–H and O–H groups in total. The van der Waals surface area contributed by atoms with E-state index >= 15 is 0 Å². The molecule has 0 aromatic heterocycles. The molecule has 1 heterocycles. The van der Waals surface area contributed by atoms with E-state index in [0.29, 0.717) is 11.5 Å². The quantitative estimate of drug-likeness (QED) is 0.793. The van der Waals surface area contributed by atoms with Gasteiger partial charge >= 0.3 is 0 Å². The maximum absolute atomic E-state index is 3.64. The van der Waals surface area contributed by atoms with Crippen LogP contribution < -0.4 is 5.32 Å². The topological polar surface area (TPSA) is 15.3 Å². The Labute approximate surface area is 102 Å². The summed E-state index contributed by atoms with van der Waals surface area (Å²) in [6.07, 6.45) is 2.62. The minimum atomic E-state index is 0.471. The Morgan fingerprint density at radius 1 is 1.31 bits per heavy atom. The van der Waals surface area contributed by atoms with E-state index in [1.165, 1.54) is 39.0 Å². The van der Waals surface area contributed by atoms with Gasteiger partial charge in [-0.1, -0.05) is 34.6 Å². The van der Waals surface area contributed by atoms with Gasteiger partial charge in [0, 0.05) is 25.7 Å². The highest BCUT2D eigenvalue weighted by molar-refractivity contribution is 4.80. The highest BCUT2D eigenvalue weighted by Crippen LogP contribution is 2.19. The molecular weight excluding hydrogens is 196 g/mol. The van der Waals surface area contributed by atoms with E-state index in [0.717, 1.165) is 5.92 Å². The molecule has 1 saturated heterocycles. The molecule has 0 saturated carbocycles. The lowest BCUT2D eigenvalue weighted by Crippen LogP contribution is -2.51. The van der Waals surface area contributed by atoms with E-state index in [-0.39, 0.29) is 0 Å². The standard InChI is InChI=1S/C14H30N2/c1-12(2)10-13-11-16(9-7-15-13)8-6-14(3,4)5/h12-13,15H,6-11H2,1-5H3. The fraction of sp³-hybridized carbons (Fsp3) is 1.00. The molecule has 1 aliphatic rings. The Morgan fingerprint density at radius 2 is 2.00 bits per heavy atom. The van der Waals surface area contributed by atoms with E-state index in [2.05, 4.69) is 44.8 Å². The molecule has 1 rings (SSSR count). The lowest BCUT2D eigenvalue weighted by Gasteiger charge is -2.35. The number of nitrogens with one attached hydrogen (secondary N) is 1. The molecule has 0 amide bonds. The molecule has 0 aromatic rings. The molecule has 1 fully saturated rings. The van der Waals surface area contributed by atoms with Crippen molar-refractivity contribution in [3.05, 3.63) is 0 Å². The van der Waals surface area contributed by atoms with Gasteiger partial charge in [0.2, 0.25) is 0 Å². The second-order valence-electron chi connectivity index (χ2n) is 6.89. The summed E-state index contributed by atoms with van der Waals surface area (Å²) in [7, 11) is 0. The van der Waals surface area contributed by atoms with Gasteiger partial charge in [0.1, 0.15) is 0 Å². The van der Waals surface area contributed by atoms with Gasteiger partial charge in [0.25, 0.3) is 0 Å². The van der Waals surface area contributed by atoms with Crippen molar-refractivity contribution < 1.29 is 0 Å². The zero-order chi connectivity index (χ0) is 12.2. The van der Waals surface area contributed by atoms with E-state index in [1.54, 1.807) is 0 Å². The van der Waals surface area contributed by atoms with E-state index in [4.69, 9.17) is 0 Å². The number of hydrogen-bond acceptors (Lipinski definition) is 2. The van der Waals surface area contributed by atoms with Crippen LogP contribution in [0.1, 0.15) is 47.5 Å². The highest BCUT2D eigenvalue weighted by atomic mass is 15.2. The molecule has 96 valence electrons. The van der Waals surface area contributed by atoms with Gasteiger partial charge < -0.3 is 10.2 Å². The SMILES string of the molecule is CC(C)CC1CN(CCC(C)(C)C)CCN1. The zero-order valence-corrected chi connectivity index (χ0v) is 11.8. The Morgan fingerprint density at radius 3 is 2.56 bits per heavy atom. The summed E-state index contributed by atoms with van der Waals surface area (Å²) in [5.41, 5.74) is 0.471. The number of hydrogen-bond donors (Lipinski definition) is 1. The number of rotatable bonds is 4. The number of piperazine rings is 1. The highest BCUT2D eigenvalue weighted by Gasteiger charge is 2.21. The van der Waals surface area contributed by atoms with Crippen LogP contribution in [0.3, 0.4) is 0 Å². The lowest BCUT2D eigenvalue weighted by molar-refractivity contribution is 0.165. The van der Waals surface area contributed by atoms with Crippen LogP contribution in [-0.2, 0) is 0 Å². The van der Waals surface area contributed by atoms with Crippen molar-refractivity contribution in [3.63, 3.8) is 0 Å². The van der Waals surface area contributed by atoms with Gasteiger partial charge in [0.05, 0.1) is 0 Å². The maximum atomic E-state index is 3.64. The van der Waals surface area contributed by atoms with Crippen molar-refractivity contribution in [1.29, 1.82) is 0 Å². The van der Waals surface area contributed by atoms with E-state index in [9.17, 15) is 0 Å². The Bertz CT molecular complexity index is 193. The second-order valence-corrected chi connectivity index (χ2v) is 6.89. The smallest absolute Gasteiger partial charge is 0.0197 e. The molecule has 16 heavy (non-hydrogen) atoms. The van der Waals surface area contributed by atoms with Gasteiger partial charge in [0.15, 0.2) is 0 Å². The normalized spacial score (nSPS) is 24.0. The molecule has 0 spiro atoms. The van der Waals surface area contributed by atoms with E-state index in [1.807, 2.05) is 0 Å². The second kappa shape index (κ2) is 6.02. The van der Waals surface area contributed by atoms with Crippen LogP contribution in [0.15, 0.2) is 0 Å². The maximum Gasteiger partial charge on any atom is 0.0197 e. The summed E-state index contributed by atoms with van der Waals surface area (Å²) in [5, 5.41) is 3.64. The first-order valence-corrected chi connectivity index (χ1v) is 6.82. The van der Waals surface area contributed by atoms with Crippen LogP contribution in [0.4, 0.5) is 0 Å². The minimum Gasteiger partial charge on any atom is -0.311 e. The third-order valence-corrected chi connectivity index (χ3v) is 3.27. The van der Waals surface area contributed by atoms with Crippen molar-refractivity contribution >= 4 is 0 Å². The zero-order valence-electron chi connectivity index (χ0n) is 11.8. The van der Waals surface area contributed by atoms with Crippen molar-refractivity contribution in [2.75, 3.05) is 26.2 Å². The molecular formula is C14H30N2. The predicted molar refractivity (Wildman–Crippen MR) is 71.8 cm³/mol. The molecule has 1 atom stereocenters. The van der Waals surface area contributed by atoms with E-state index < -0.39 is 0 Å². The molecule has 1 unspecified atom stereocenters. The Kier molecular flexibility index (Phi) is 5.26. The fourth-order valence-corrected chi connectivity index (χ4v) is 2.32. The third-order valence-electron chi connectivity index (χ3n) is 3.27. The first kappa shape index (κ1) is 14.0. The molecule has 0 radical (unpaired) electrons. The molecule has 1 aliphatic heterocycles. The van der Waals surface area contributed by atoms with Crippen LogP contribution in [0, 0.1) is 11.3 Å². The van der Waals surface area contributed by atoms with Gasteiger partial charge in [-0.25, -0.2) is 0 Å². The average Bonchev–Trinajstić information content (AvgIpc) is 2.13. The molecule has 2 nitrogen and oxygen atoms in total. The van der Waals surface area contributed by atoms with Crippen LogP contribution in [0.5, 0.6) is 0 Å².